The maximum absolute atomic E-state index is 12.7. The Morgan fingerprint density at radius 2 is 2.07 bits per heavy atom. The molecule has 2 aliphatic heterocycles. The van der Waals surface area contributed by atoms with Crippen LogP contribution in [0, 0.1) is 0 Å². The molecule has 2 heterocycles. The van der Waals surface area contributed by atoms with E-state index in [1.165, 1.54) is 0 Å². The fourth-order valence-electron chi connectivity index (χ4n) is 3.57. The molecule has 146 valence electrons. The second-order valence-electron chi connectivity index (χ2n) is 7.13. The van der Waals surface area contributed by atoms with Crippen molar-refractivity contribution in [3.8, 4) is 5.75 Å². The lowest BCUT2D eigenvalue weighted by atomic mass is 10.1. The van der Waals surface area contributed by atoms with Gasteiger partial charge in [0.05, 0.1) is 6.10 Å². The van der Waals surface area contributed by atoms with Crippen molar-refractivity contribution in [1.29, 1.82) is 0 Å². The molecule has 2 aromatic rings. The first kappa shape index (κ1) is 18.5. The Hall–Kier alpha value is -2.86. The lowest BCUT2D eigenvalue weighted by Gasteiger charge is -2.16. The highest BCUT2D eigenvalue weighted by Crippen LogP contribution is 2.24. The number of carbonyl (C=O) groups excluding carboxylic acids is 2. The Balaban J connectivity index is 1.40. The smallest absolute Gasteiger partial charge is 0.255 e. The van der Waals surface area contributed by atoms with Crippen LogP contribution in [0.5, 0.6) is 5.75 Å². The van der Waals surface area contributed by atoms with Gasteiger partial charge in [0.25, 0.3) is 5.91 Å². The van der Waals surface area contributed by atoms with Crippen molar-refractivity contribution in [2.24, 2.45) is 0 Å². The monoisotopic (exact) mass is 380 g/mol. The van der Waals surface area contributed by atoms with Crippen molar-refractivity contribution in [3.63, 3.8) is 0 Å². The Kier molecular flexibility index (Phi) is 5.58. The molecule has 0 radical (unpaired) electrons. The summed E-state index contributed by atoms with van der Waals surface area (Å²) in [5.74, 6) is 0.586. The van der Waals surface area contributed by atoms with E-state index in [1.54, 1.807) is 29.2 Å². The van der Waals surface area contributed by atoms with E-state index in [4.69, 9.17) is 9.47 Å². The average Bonchev–Trinajstić information content (AvgIpc) is 3.38. The van der Waals surface area contributed by atoms with Gasteiger partial charge < -0.3 is 19.7 Å². The van der Waals surface area contributed by atoms with Crippen LogP contribution < -0.4 is 15.0 Å². The summed E-state index contributed by atoms with van der Waals surface area (Å²) in [6.45, 7) is 2.02. The van der Waals surface area contributed by atoms with Crippen LogP contribution in [0.1, 0.15) is 36.0 Å². The molecule has 1 unspecified atom stereocenters. The first-order chi connectivity index (χ1) is 13.7. The normalized spacial score (nSPS) is 19.1. The number of benzene rings is 2. The van der Waals surface area contributed by atoms with E-state index < -0.39 is 0 Å². The van der Waals surface area contributed by atoms with Crippen LogP contribution in [0.25, 0.3) is 0 Å². The SMILES string of the molecule is O=C(Nc1cccc(OCC2CCCO2)c1)c1cccc(N2CCCC2=O)c1. The van der Waals surface area contributed by atoms with E-state index in [0.717, 1.165) is 31.6 Å². The molecule has 1 N–H and O–H groups in total. The molecule has 0 aromatic heterocycles. The average molecular weight is 380 g/mol. The molecular weight excluding hydrogens is 356 g/mol. The summed E-state index contributed by atoms with van der Waals surface area (Å²) in [5.41, 5.74) is 1.95. The van der Waals surface area contributed by atoms with Gasteiger partial charge in [-0.15, -0.1) is 0 Å². The third kappa shape index (κ3) is 4.34. The van der Waals surface area contributed by atoms with Crippen molar-refractivity contribution in [2.75, 3.05) is 30.0 Å². The lowest BCUT2D eigenvalue weighted by Crippen LogP contribution is -2.24. The van der Waals surface area contributed by atoms with Gasteiger partial charge in [-0.25, -0.2) is 0 Å². The molecule has 6 heteroatoms. The second kappa shape index (κ2) is 8.44. The maximum Gasteiger partial charge on any atom is 0.255 e. The zero-order chi connectivity index (χ0) is 19.3. The summed E-state index contributed by atoms with van der Waals surface area (Å²) in [6, 6.07) is 14.5. The fraction of sp³-hybridized carbons (Fsp3) is 0.364. The highest BCUT2D eigenvalue weighted by molar-refractivity contribution is 6.05. The van der Waals surface area contributed by atoms with E-state index in [9.17, 15) is 9.59 Å². The largest absolute Gasteiger partial charge is 0.491 e. The van der Waals surface area contributed by atoms with Crippen molar-refractivity contribution >= 4 is 23.2 Å². The van der Waals surface area contributed by atoms with Crippen LogP contribution in [0.15, 0.2) is 48.5 Å². The van der Waals surface area contributed by atoms with Crippen LogP contribution in [0.4, 0.5) is 11.4 Å². The number of nitrogens with one attached hydrogen (secondary N) is 1. The van der Waals surface area contributed by atoms with E-state index in [0.29, 0.717) is 36.6 Å². The third-order valence-corrected chi connectivity index (χ3v) is 5.05. The molecule has 0 saturated carbocycles. The van der Waals surface area contributed by atoms with Gasteiger partial charge in [-0.2, -0.15) is 0 Å². The lowest BCUT2D eigenvalue weighted by molar-refractivity contribution is -0.117. The van der Waals surface area contributed by atoms with Gasteiger partial charge in [0.15, 0.2) is 0 Å². The fourth-order valence-corrected chi connectivity index (χ4v) is 3.57. The van der Waals surface area contributed by atoms with Crippen molar-refractivity contribution in [2.45, 2.75) is 31.8 Å². The summed E-state index contributed by atoms with van der Waals surface area (Å²) in [6.07, 6.45) is 3.66. The van der Waals surface area contributed by atoms with Crippen LogP contribution in [0.3, 0.4) is 0 Å². The summed E-state index contributed by atoms with van der Waals surface area (Å²) in [7, 11) is 0. The maximum atomic E-state index is 12.7. The minimum Gasteiger partial charge on any atom is -0.491 e. The minimum absolute atomic E-state index is 0.105. The first-order valence-corrected chi connectivity index (χ1v) is 9.75. The molecule has 4 rings (SSSR count). The van der Waals surface area contributed by atoms with Crippen LogP contribution >= 0.6 is 0 Å². The topological polar surface area (TPSA) is 67.9 Å². The number of hydrogen-bond donors (Lipinski definition) is 1. The van der Waals surface area contributed by atoms with Gasteiger partial charge in [0.2, 0.25) is 5.91 Å². The molecule has 2 saturated heterocycles. The predicted molar refractivity (Wildman–Crippen MR) is 107 cm³/mol. The molecule has 1 atom stereocenters. The summed E-state index contributed by atoms with van der Waals surface area (Å²) < 4.78 is 11.4. The number of nitrogens with zero attached hydrogens (tertiary/aromatic N) is 1. The Labute approximate surface area is 164 Å². The molecular formula is C22H24N2O4. The van der Waals surface area contributed by atoms with E-state index in [2.05, 4.69) is 5.32 Å². The molecule has 2 fully saturated rings. The summed E-state index contributed by atoms with van der Waals surface area (Å²) >= 11 is 0. The molecule has 0 aliphatic carbocycles. The highest BCUT2D eigenvalue weighted by Gasteiger charge is 2.22. The Bertz CT molecular complexity index is 861. The molecule has 2 aromatic carbocycles. The number of anilines is 2. The summed E-state index contributed by atoms with van der Waals surface area (Å²) in [5, 5.41) is 2.90. The molecule has 2 amide bonds. The number of ether oxygens (including phenoxy) is 2. The molecule has 2 aliphatic rings. The van der Waals surface area contributed by atoms with E-state index in [1.807, 2.05) is 24.3 Å². The van der Waals surface area contributed by atoms with Gasteiger partial charge in [-0.3, -0.25) is 9.59 Å². The molecule has 28 heavy (non-hydrogen) atoms. The zero-order valence-corrected chi connectivity index (χ0v) is 15.7. The molecule has 0 bridgehead atoms. The van der Waals surface area contributed by atoms with Crippen molar-refractivity contribution < 1.29 is 19.1 Å². The minimum atomic E-state index is -0.218. The van der Waals surface area contributed by atoms with Gasteiger partial charge in [0.1, 0.15) is 12.4 Å². The number of hydrogen-bond acceptors (Lipinski definition) is 4. The predicted octanol–water partition coefficient (Wildman–Crippen LogP) is 3.62. The van der Waals surface area contributed by atoms with Gasteiger partial charge in [0, 0.05) is 42.6 Å². The van der Waals surface area contributed by atoms with Crippen molar-refractivity contribution in [3.05, 3.63) is 54.1 Å². The molecule has 6 nitrogen and oxygen atoms in total. The molecule has 0 spiro atoms. The second-order valence-corrected chi connectivity index (χ2v) is 7.13. The number of rotatable bonds is 6. The Morgan fingerprint density at radius 3 is 2.86 bits per heavy atom. The highest BCUT2D eigenvalue weighted by atomic mass is 16.5. The van der Waals surface area contributed by atoms with Crippen molar-refractivity contribution in [1.82, 2.24) is 0 Å². The van der Waals surface area contributed by atoms with Crippen LogP contribution in [0.2, 0.25) is 0 Å². The van der Waals surface area contributed by atoms with Gasteiger partial charge in [-0.05, 0) is 49.6 Å². The standard InChI is InChI=1S/C22H24N2O4/c25-21-10-3-11-24(21)18-7-1-5-16(13-18)22(26)23-17-6-2-8-19(14-17)28-15-20-9-4-12-27-20/h1-2,5-8,13-14,20H,3-4,9-12,15H2,(H,23,26). The quantitative estimate of drug-likeness (QED) is 0.831. The zero-order valence-electron chi connectivity index (χ0n) is 15.7. The van der Waals surface area contributed by atoms with Crippen LogP contribution in [-0.2, 0) is 9.53 Å². The number of carbonyl (C=O) groups is 2. The van der Waals surface area contributed by atoms with Gasteiger partial charge >= 0.3 is 0 Å². The van der Waals surface area contributed by atoms with Crippen LogP contribution in [-0.4, -0.2) is 37.7 Å². The first-order valence-electron chi connectivity index (χ1n) is 9.75. The van der Waals surface area contributed by atoms with Gasteiger partial charge in [-0.1, -0.05) is 12.1 Å². The van der Waals surface area contributed by atoms with E-state index in [-0.39, 0.29) is 17.9 Å². The number of amides is 2. The van der Waals surface area contributed by atoms with E-state index >= 15 is 0 Å². The Morgan fingerprint density at radius 1 is 1.18 bits per heavy atom. The summed E-state index contributed by atoms with van der Waals surface area (Å²) in [4.78, 5) is 26.3. The third-order valence-electron chi connectivity index (χ3n) is 5.05.